The average molecular weight is 250 g/mol. The Hall–Kier alpha value is -1.66. The third kappa shape index (κ3) is 2.72. The van der Waals surface area contributed by atoms with Gasteiger partial charge in [-0.25, -0.2) is 4.98 Å². The van der Waals surface area contributed by atoms with Gasteiger partial charge in [-0.3, -0.25) is 4.79 Å². The maximum absolute atomic E-state index is 11.6. The maximum Gasteiger partial charge on any atom is 0.267 e. The Kier molecular flexibility index (Phi) is 3.55. The Bertz CT molecular complexity index is 517. The predicted octanol–water partition coefficient (Wildman–Crippen LogP) is 1.14. The monoisotopic (exact) mass is 250 g/mol. The van der Waals surface area contributed by atoms with Crippen LogP contribution >= 0.6 is 11.3 Å². The number of nitrogens with two attached hydrogens (primary N) is 1. The molecule has 6 heteroatoms. The van der Waals surface area contributed by atoms with E-state index in [2.05, 4.69) is 15.3 Å². The molecule has 0 aromatic carbocycles. The number of carbonyl (C=O) groups excluding carboxylic acids is 1. The smallest absolute Gasteiger partial charge is 0.267 e. The van der Waals surface area contributed by atoms with Gasteiger partial charge in [0.2, 0.25) is 0 Å². The molecule has 0 aliphatic carbocycles. The van der Waals surface area contributed by atoms with Crippen molar-refractivity contribution in [1.29, 1.82) is 0 Å². The molecule has 1 amide bonds. The number of nitrogens with zero attached hydrogens (tertiary/aromatic N) is 1. The van der Waals surface area contributed by atoms with Crippen LogP contribution in [0, 0.1) is 6.92 Å². The van der Waals surface area contributed by atoms with Crippen molar-refractivity contribution in [2.75, 3.05) is 13.1 Å². The number of H-pyrrole nitrogens is 1. The molecule has 4 N–H and O–H groups in total. The first-order chi connectivity index (χ1) is 8.20. The first-order valence-corrected chi connectivity index (χ1v) is 6.18. The summed E-state index contributed by atoms with van der Waals surface area (Å²) < 4.78 is 0. The summed E-state index contributed by atoms with van der Waals surface area (Å²) in [6, 6.07) is 1.79. The number of amides is 1. The second kappa shape index (κ2) is 5.11. The van der Waals surface area contributed by atoms with E-state index in [9.17, 15) is 4.79 Å². The predicted molar refractivity (Wildman–Crippen MR) is 68.0 cm³/mol. The fraction of sp³-hybridized carbons (Fsp3) is 0.273. The summed E-state index contributed by atoms with van der Waals surface area (Å²) >= 11 is 1.59. The Morgan fingerprint density at radius 1 is 1.65 bits per heavy atom. The molecule has 0 aliphatic heterocycles. The lowest BCUT2D eigenvalue weighted by atomic mass is 10.2. The van der Waals surface area contributed by atoms with Crippen LogP contribution in [0.2, 0.25) is 0 Å². The van der Waals surface area contributed by atoms with Crippen LogP contribution in [0.25, 0.3) is 11.3 Å². The minimum absolute atomic E-state index is 0.145. The Labute approximate surface area is 103 Å². The van der Waals surface area contributed by atoms with Gasteiger partial charge >= 0.3 is 0 Å². The number of hydrogen-bond donors (Lipinski definition) is 3. The van der Waals surface area contributed by atoms with Gasteiger partial charge in [-0.1, -0.05) is 0 Å². The van der Waals surface area contributed by atoms with Crippen LogP contribution in [0.3, 0.4) is 0 Å². The summed E-state index contributed by atoms with van der Waals surface area (Å²) in [7, 11) is 0. The summed E-state index contributed by atoms with van der Waals surface area (Å²) in [5.41, 5.74) is 7.66. The lowest BCUT2D eigenvalue weighted by Gasteiger charge is -1.99. The van der Waals surface area contributed by atoms with Gasteiger partial charge in [0.05, 0.1) is 10.7 Å². The molecule has 0 radical (unpaired) electrons. The molecule has 17 heavy (non-hydrogen) atoms. The van der Waals surface area contributed by atoms with Crippen LogP contribution in [0.15, 0.2) is 17.6 Å². The molecule has 0 saturated carbocycles. The van der Waals surface area contributed by atoms with Crippen molar-refractivity contribution in [1.82, 2.24) is 15.3 Å². The molecule has 2 heterocycles. The summed E-state index contributed by atoms with van der Waals surface area (Å²) in [5, 5.41) is 5.69. The van der Waals surface area contributed by atoms with Crippen molar-refractivity contribution in [3.05, 3.63) is 28.3 Å². The first kappa shape index (κ1) is 11.8. The molecular weight excluding hydrogens is 236 g/mol. The minimum Gasteiger partial charge on any atom is -0.357 e. The molecule has 2 rings (SSSR count). The lowest BCUT2D eigenvalue weighted by molar-refractivity contribution is 0.0950. The molecule has 0 spiro atoms. The molecular formula is C11H14N4OS. The molecule has 0 bridgehead atoms. The van der Waals surface area contributed by atoms with Crippen molar-refractivity contribution >= 4 is 17.2 Å². The number of aromatic amines is 1. The molecule has 0 atom stereocenters. The Balaban J connectivity index is 2.13. The van der Waals surface area contributed by atoms with Crippen molar-refractivity contribution in [2.24, 2.45) is 5.73 Å². The molecule has 2 aromatic rings. The third-order valence-corrected chi connectivity index (χ3v) is 3.05. The van der Waals surface area contributed by atoms with E-state index in [1.54, 1.807) is 23.6 Å². The normalized spacial score (nSPS) is 10.5. The first-order valence-electron chi connectivity index (χ1n) is 5.30. The van der Waals surface area contributed by atoms with Gasteiger partial charge in [-0.05, 0) is 13.0 Å². The highest BCUT2D eigenvalue weighted by Gasteiger charge is 2.10. The summed E-state index contributed by atoms with van der Waals surface area (Å²) in [4.78, 5) is 18.9. The molecule has 0 unspecified atom stereocenters. The molecule has 0 saturated heterocycles. The SMILES string of the molecule is Cc1nc(-c2c[nH]c(C(=O)NCCN)c2)cs1. The number of nitrogens with one attached hydrogen (secondary N) is 2. The molecule has 2 aromatic heterocycles. The molecule has 5 nitrogen and oxygen atoms in total. The van der Waals surface area contributed by atoms with Crippen LogP contribution in [0.5, 0.6) is 0 Å². The van der Waals surface area contributed by atoms with E-state index >= 15 is 0 Å². The number of thiazole rings is 1. The number of aryl methyl sites for hydroxylation is 1. The van der Waals surface area contributed by atoms with E-state index < -0.39 is 0 Å². The summed E-state index contributed by atoms with van der Waals surface area (Å²) in [6.07, 6.45) is 1.78. The molecule has 0 fully saturated rings. The zero-order valence-electron chi connectivity index (χ0n) is 9.49. The van der Waals surface area contributed by atoms with E-state index in [0.717, 1.165) is 16.3 Å². The maximum atomic E-state index is 11.6. The summed E-state index contributed by atoms with van der Waals surface area (Å²) in [6.45, 7) is 2.86. The van der Waals surface area contributed by atoms with Gasteiger partial charge in [0, 0.05) is 30.2 Å². The van der Waals surface area contributed by atoms with E-state index in [4.69, 9.17) is 5.73 Å². The largest absolute Gasteiger partial charge is 0.357 e. The Morgan fingerprint density at radius 3 is 3.12 bits per heavy atom. The van der Waals surface area contributed by atoms with Crippen LogP contribution in [-0.2, 0) is 0 Å². The fourth-order valence-electron chi connectivity index (χ4n) is 1.45. The number of aromatic nitrogens is 2. The van der Waals surface area contributed by atoms with E-state index in [-0.39, 0.29) is 5.91 Å². The highest BCUT2D eigenvalue weighted by molar-refractivity contribution is 7.09. The molecule has 0 aliphatic rings. The number of carbonyl (C=O) groups is 1. The van der Waals surface area contributed by atoms with Gasteiger partial charge in [0.25, 0.3) is 5.91 Å². The second-order valence-electron chi connectivity index (χ2n) is 3.60. The van der Waals surface area contributed by atoms with Crippen molar-refractivity contribution < 1.29 is 4.79 Å². The Morgan fingerprint density at radius 2 is 2.47 bits per heavy atom. The number of rotatable bonds is 4. The standard InChI is InChI=1S/C11H14N4OS/c1-7-15-10(6-17-7)8-4-9(14-5-8)11(16)13-3-2-12/h4-6,14H,2-3,12H2,1H3,(H,13,16). The van der Waals surface area contributed by atoms with E-state index in [1.165, 1.54) is 0 Å². The highest BCUT2D eigenvalue weighted by atomic mass is 32.1. The highest BCUT2D eigenvalue weighted by Crippen LogP contribution is 2.22. The summed E-state index contributed by atoms with van der Waals surface area (Å²) in [5.74, 6) is -0.145. The lowest BCUT2D eigenvalue weighted by Crippen LogP contribution is -2.29. The van der Waals surface area contributed by atoms with Crippen molar-refractivity contribution in [3.63, 3.8) is 0 Å². The van der Waals surface area contributed by atoms with Gasteiger partial charge in [0.15, 0.2) is 0 Å². The van der Waals surface area contributed by atoms with Gasteiger partial charge in [-0.2, -0.15) is 0 Å². The van der Waals surface area contributed by atoms with E-state index in [0.29, 0.717) is 18.8 Å². The zero-order chi connectivity index (χ0) is 12.3. The van der Waals surface area contributed by atoms with Gasteiger partial charge in [0.1, 0.15) is 5.69 Å². The van der Waals surface area contributed by atoms with Crippen molar-refractivity contribution in [3.8, 4) is 11.3 Å². The average Bonchev–Trinajstić information content (AvgIpc) is 2.93. The topological polar surface area (TPSA) is 83.8 Å². The number of hydrogen-bond acceptors (Lipinski definition) is 4. The van der Waals surface area contributed by atoms with E-state index in [1.807, 2.05) is 12.3 Å². The molecule has 90 valence electrons. The van der Waals surface area contributed by atoms with Crippen LogP contribution in [-0.4, -0.2) is 29.0 Å². The van der Waals surface area contributed by atoms with Crippen LogP contribution < -0.4 is 11.1 Å². The fourth-order valence-corrected chi connectivity index (χ4v) is 2.07. The van der Waals surface area contributed by atoms with Crippen molar-refractivity contribution in [2.45, 2.75) is 6.92 Å². The zero-order valence-corrected chi connectivity index (χ0v) is 10.3. The van der Waals surface area contributed by atoms with Gasteiger partial charge < -0.3 is 16.0 Å². The van der Waals surface area contributed by atoms with Crippen LogP contribution in [0.1, 0.15) is 15.5 Å². The second-order valence-corrected chi connectivity index (χ2v) is 4.66. The minimum atomic E-state index is -0.145. The van der Waals surface area contributed by atoms with Crippen LogP contribution in [0.4, 0.5) is 0 Å². The third-order valence-electron chi connectivity index (χ3n) is 2.27. The van der Waals surface area contributed by atoms with Gasteiger partial charge in [-0.15, -0.1) is 11.3 Å². The quantitative estimate of drug-likeness (QED) is 0.760.